The fourth-order valence-corrected chi connectivity index (χ4v) is 1.93. The second kappa shape index (κ2) is 4.68. The van der Waals surface area contributed by atoms with E-state index in [1.165, 1.54) is 17.5 Å². The SMILES string of the molecule is Nc1nc(C(=O)Nc2ccc(F)cc2Cl)cs1. The molecule has 0 atom stereocenters. The molecular weight excluding hydrogens is 265 g/mol. The Balaban J connectivity index is 2.18. The fourth-order valence-electron chi connectivity index (χ4n) is 1.17. The Bertz CT molecular complexity index is 572. The van der Waals surface area contributed by atoms with Gasteiger partial charge in [-0.15, -0.1) is 11.3 Å². The molecule has 7 heteroatoms. The number of nitrogen functional groups attached to an aromatic ring is 1. The summed E-state index contributed by atoms with van der Waals surface area (Å²) in [4.78, 5) is 15.5. The van der Waals surface area contributed by atoms with Crippen LogP contribution in [0.1, 0.15) is 10.5 Å². The van der Waals surface area contributed by atoms with Gasteiger partial charge in [0.25, 0.3) is 5.91 Å². The van der Waals surface area contributed by atoms with Gasteiger partial charge in [0.05, 0.1) is 10.7 Å². The van der Waals surface area contributed by atoms with Crippen molar-refractivity contribution in [3.05, 3.63) is 40.1 Å². The number of thiazole rings is 1. The van der Waals surface area contributed by atoms with Crippen LogP contribution in [0.2, 0.25) is 5.02 Å². The van der Waals surface area contributed by atoms with E-state index in [1.54, 1.807) is 0 Å². The molecule has 1 aromatic carbocycles. The number of benzene rings is 1. The first-order valence-electron chi connectivity index (χ1n) is 4.53. The van der Waals surface area contributed by atoms with E-state index in [-0.39, 0.29) is 10.7 Å². The number of halogens is 2. The van der Waals surface area contributed by atoms with Gasteiger partial charge in [0.2, 0.25) is 0 Å². The van der Waals surface area contributed by atoms with E-state index in [0.717, 1.165) is 17.4 Å². The Morgan fingerprint density at radius 1 is 1.53 bits per heavy atom. The van der Waals surface area contributed by atoms with E-state index < -0.39 is 11.7 Å². The first kappa shape index (κ1) is 11.8. The van der Waals surface area contributed by atoms with Crippen molar-refractivity contribution in [1.82, 2.24) is 4.98 Å². The van der Waals surface area contributed by atoms with Crippen LogP contribution in [0.5, 0.6) is 0 Å². The van der Waals surface area contributed by atoms with Crippen molar-refractivity contribution < 1.29 is 9.18 Å². The average molecular weight is 272 g/mol. The predicted molar refractivity (Wildman–Crippen MR) is 65.9 cm³/mol. The molecule has 0 saturated carbocycles. The summed E-state index contributed by atoms with van der Waals surface area (Å²) in [6, 6.07) is 3.70. The summed E-state index contributed by atoms with van der Waals surface area (Å²) < 4.78 is 12.8. The van der Waals surface area contributed by atoms with E-state index in [9.17, 15) is 9.18 Å². The molecule has 0 bridgehead atoms. The molecule has 1 aromatic heterocycles. The van der Waals surface area contributed by atoms with Crippen LogP contribution >= 0.6 is 22.9 Å². The van der Waals surface area contributed by atoms with E-state index in [4.69, 9.17) is 17.3 Å². The molecule has 0 radical (unpaired) electrons. The highest BCUT2D eigenvalue weighted by Crippen LogP contribution is 2.23. The van der Waals surface area contributed by atoms with Crippen LogP contribution in [0.15, 0.2) is 23.6 Å². The van der Waals surface area contributed by atoms with E-state index in [0.29, 0.717) is 10.8 Å². The van der Waals surface area contributed by atoms with E-state index in [1.807, 2.05) is 0 Å². The monoisotopic (exact) mass is 271 g/mol. The fraction of sp³-hybridized carbons (Fsp3) is 0. The molecule has 0 saturated heterocycles. The molecule has 0 aliphatic heterocycles. The van der Waals surface area contributed by atoms with Gasteiger partial charge in [0.15, 0.2) is 5.13 Å². The Labute approximate surface area is 105 Å². The van der Waals surface area contributed by atoms with Gasteiger partial charge in [0.1, 0.15) is 11.5 Å². The van der Waals surface area contributed by atoms with Crippen molar-refractivity contribution in [2.75, 3.05) is 11.1 Å². The van der Waals surface area contributed by atoms with Crippen LogP contribution in [0, 0.1) is 5.82 Å². The smallest absolute Gasteiger partial charge is 0.275 e. The Hall–Kier alpha value is -1.66. The summed E-state index contributed by atoms with van der Waals surface area (Å²) >= 11 is 6.93. The van der Waals surface area contributed by atoms with Gasteiger partial charge in [-0.3, -0.25) is 4.79 Å². The number of amides is 1. The van der Waals surface area contributed by atoms with Gasteiger partial charge in [0, 0.05) is 5.38 Å². The van der Waals surface area contributed by atoms with Gasteiger partial charge in [-0.05, 0) is 18.2 Å². The molecule has 4 nitrogen and oxygen atoms in total. The van der Waals surface area contributed by atoms with E-state index in [2.05, 4.69) is 10.3 Å². The Kier molecular flexibility index (Phi) is 3.26. The second-order valence-corrected chi connectivity index (χ2v) is 4.45. The zero-order valence-corrected chi connectivity index (χ0v) is 9.98. The quantitative estimate of drug-likeness (QED) is 0.882. The molecule has 2 aromatic rings. The highest BCUT2D eigenvalue weighted by molar-refractivity contribution is 7.13. The van der Waals surface area contributed by atoms with Crippen molar-refractivity contribution in [2.24, 2.45) is 0 Å². The number of hydrogen-bond acceptors (Lipinski definition) is 4. The number of rotatable bonds is 2. The molecular formula is C10H7ClFN3OS. The van der Waals surface area contributed by atoms with E-state index >= 15 is 0 Å². The Morgan fingerprint density at radius 2 is 2.29 bits per heavy atom. The minimum absolute atomic E-state index is 0.126. The summed E-state index contributed by atoms with van der Waals surface area (Å²) in [7, 11) is 0. The second-order valence-electron chi connectivity index (χ2n) is 3.15. The van der Waals surface area contributed by atoms with Crippen LogP contribution in [-0.4, -0.2) is 10.9 Å². The largest absolute Gasteiger partial charge is 0.375 e. The highest BCUT2D eigenvalue weighted by Gasteiger charge is 2.11. The standard InChI is InChI=1S/C10H7ClFN3OS/c11-6-3-5(12)1-2-7(6)14-9(16)8-4-17-10(13)15-8/h1-4H,(H2,13,15)(H,14,16). The zero-order valence-electron chi connectivity index (χ0n) is 8.41. The number of nitrogens with zero attached hydrogens (tertiary/aromatic N) is 1. The number of hydrogen-bond donors (Lipinski definition) is 2. The molecule has 0 spiro atoms. The number of carbonyl (C=O) groups excluding carboxylic acids is 1. The summed E-state index contributed by atoms with van der Waals surface area (Å²) in [5.41, 5.74) is 5.94. The first-order chi connectivity index (χ1) is 8.06. The molecule has 0 unspecified atom stereocenters. The van der Waals surface area contributed by atoms with Gasteiger partial charge in [-0.2, -0.15) is 0 Å². The maximum Gasteiger partial charge on any atom is 0.275 e. The summed E-state index contributed by atoms with van der Waals surface area (Å²) in [6.07, 6.45) is 0. The summed E-state index contributed by atoms with van der Waals surface area (Å²) in [6.45, 7) is 0. The molecule has 1 amide bonds. The number of anilines is 2. The number of carbonyl (C=O) groups is 1. The van der Waals surface area contributed by atoms with Crippen molar-refractivity contribution in [3.63, 3.8) is 0 Å². The molecule has 2 rings (SSSR count). The molecule has 0 aliphatic carbocycles. The lowest BCUT2D eigenvalue weighted by Crippen LogP contribution is -2.12. The predicted octanol–water partition coefficient (Wildman–Crippen LogP) is 2.77. The molecule has 88 valence electrons. The average Bonchev–Trinajstić information content (AvgIpc) is 2.69. The van der Waals surface area contributed by atoms with Crippen LogP contribution in [0.3, 0.4) is 0 Å². The van der Waals surface area contributed by atoms with Crippen molar-refractivity contribution >= 4 is 39.7 Å². The minimum atomic E-state index is -0.467. The van der Waals surface area contributed by atoms with Gasteiger partial charge < -0.3 is 11.1 Å². The maximum absolute atomic E-state index is 12.8. The van der Waals surface area contributed by atoms with Gasteiger partial charge in [-0.1, -0.05) is 11.6 Å². The third kappa shape index (κ3) is 2.72. The zero-order chi connectivity index (χ0) is 12.4. The third-order valence-corrected chi connectivity index (χ3v) is 2.92. The van der Waals surface area contributed by atoms with Crippen LogP contribution in [0.4, 0.5) is 15.2 Å². The maximum atomic E-state index is 12.8. The molecule has 0 aliphatic rings. The molecule has 1 heterocycles. The summed E-state index contributed by atoms with van der Waals surface area (Å²) in [5, 5.41) is 4.48. The highest BCUT2D eigenvalue weighted by atomic mass is 35.5. The van der Waals surface area contributed by atoms with Crippen LogP contribution in [0.25, 0.3) is 0 Å². The lowest BCUT2D eigenvalue weighted by molar-refractivity contribution is 0.102. The van der Waals surface area contributed by atoms with Crippen molar-refractivity contribution in [3.8, 4) is 0 Å². The van der Waals surface area contributed by atoms with Gasteiger partial charge >= 0.3 is 0 Å². The minimum Gasteiger partial charge on any atom is -0.375 e. The normalized spacial score (nSPS) is 10.2. The van der Waals surface area contributed by atoms with Crippen molar-refractivity contribution in [1.29, 1.82) is 0 Å². The molecule has 0 fully saturated rings. The first-order valence-corrected chi connectivity index (χ1v) is 5.79. The third-order valence-electron chi connectivity index (χ3n) is 1.93. The van der Waals surface area contributed by atoms with Crippen LogP contribution < -0.4 is 11.1 Å². The topological polar surface area (TPSA) is 68.0 Å². The lowest BCUT2D eigenvalue weighted by Gasteiger charge is -2.05. The van der Waals surface area contributed by atoms with Crippen molar-refractivity contribution in [2.45, 2.75) is 0 Å². The number of aromatic nitrogens is 1. The number of nitrogens with two attached hydrogens (primary N) is 1. The molecule has 3 N–H and O–H groups in total. The lowest BCUT2D eigenvalue weighted by atomic mass is 10.3. The molecule has 17 heavy (non-hydrogen) atoms. The summed E-state index contributed by atoms with van der Waals surface area (Å²) in [5.74, 6) is -0.905. The number of nitrogens with one attached hydrogen (secondary N) is 1. The van der Waals surface area contributed by atoms with Crippen LogP contribution in [-0.2, 0) is 0 Å². The Morgan fingerprint density at radius 3 is 2.88 bits per heavy atom. The van der Waals surface area contributed by atoms with Gasteiger partial charge in [-0.25, -0.2) is 9.37 Å².